The minimum Gasteiger partial charge on any atom is -0.389 e. The van der Waals surface area contributed by atoms with Gasteiger partial charge in [-0.2, -0.15) is 0 Å². The van der Waals surface area contributed by atoms with Crippen LogP contribution in [-0.2, 0) is 4.74 Å². The Labute approximate surface area is 113 Å². The van der Waals surface area contributed by atoms with E-state index in [4.69, 9.17) is 4.74 Å². The number of rotatable bonds is 8. The Bertz CT molecular complexity index is 227. The van der Waals surface area contributed by atoms with E-state index in [0.717, 1.165) is 51.9 Å². The van der Waals surface area contributed by atoms with Crippen LogP contribution in [0.25, 0.3) is 0 Å². The summed E-state index contributed by atoms with van der Waals surface area (Å²) in [6, 6.07) is 0. The molecular formula is C15H31NO2. The highest BCUT2D eigenvalue weighted by Gasteiger charge is 2.30. The van der Waals surface area contributed by atoms with Crippen molar-refractivity contribution in [3.8, 4) is 0 Å². The Morgan fingerprint density at radius 1 is 1.33 bits per heavy atom. The maximum atomic E-state index is 10.3. The van der Waals surface area contributed by atoms with Crippen molar-refractivity contribution < 1.29 is 9.84 Å². The van der Waals surface area contributed by atoms with Crippen molar-refractivity contribution >= 4 is 0 Å². The molecule has 0 aromatic heterocycles. The summed E-state index contributed by atoms with van der Waals surface area (Å²) >= 11 is 0. The number of hydrogen-bond donors (Lipinski definition) is 1. The fourth-order valence-corrected chi connectivity index (χ4v) is 2.44. The molecule has 0 radical (unpaired) electrons. The molecule has 1 aliphatic heterocycles. The quantitative estimate of drug-likeness (QED) is 0.725. The number of aliphatic hydroxyl groups is 1. The van der Waals surface area contributed by atoms with Crippen LogP contribution in [0.5, 0.6) is 0 Å². The molecule has 1 N–H and O–H groups in total. The summed E-state index contributed by atoms with van der Waals surface area (Å²) in [4.78, 5) is 2.35. The lowest BCUT2D eigenvalue weighted by atomic mass is 9.97. The van der Waals surface area contributed by atoms with Crippen molar-refractivity contribution in [3.05, 3.63) is 0 Å². The van der Waals surface area contributed by atoms with Crippen LogP contribution in [0.4, 0.5) is 0 Å². The Morgan fingerprint density at radius 2 is 2.00 bits per heavy atom. The molecule has 3 heteroatoms. The van der Waals surface area contributed by atoms with Crippen molar-refractivity contribution in [2.75, 3.05) is 26.2 Å². The van der Waals surface area contributed by atoms with E-state index in [0.29, 0.717) is 12.0 Å². The Kier molecular flexibility index (Phi) is 6.61. The van der Waals surface area contributed by atoms with Gasteiger partial charge in [0.05, 0.1) is 11.7 Å². The highest BCUT2D eigenvalue weighted by molar-refractivity contribution is 4.84. The lowest BCUT2D eigenvalue weighted by molar-refractivity contribution is -0.00482. The first-order chi connectivity index (χ1) is 8.49. The maximum absolute atomic E-state index is 10.3. The molecule has 1 heterocycles. The second-order valence-corrected chi connectivity index (χ2v) is 6.13. The molecule has 0 spiro atoms. The topological polar surface area (TPSA) is 32.7 Å². The lowest BCUT2D eigenvalue weighted by Crippen LogP contribution is -2.41. The van der Waals surface area contributed by atoms with E-state index >= 15 is 0 Å². The van der Waals surface area contributed by atoms with Crippen molar-refractivity contribution in [1.82, 2.24) is 4.90 Å². The third kappa shape index (κ3) is 5.25. The molecule has 1 fully saturated rings. The van der Waals surface area contributed by atoms with Gasteiger partial charge in [0.25, 0.3) is 0 Å². The van der Waals surface area contributed by atoms with Crippen LogP contribution in [0.2, 0.25) is 0 Å². The van der Waals surface area contributed by atoms with Gasteiger partial charge in [-0.05, 0) is 31.6 Å². The third-order valence-electron chi connectivity index (χ3n) is 4.11. The molecule has 0 bridgehead atoms. The summed E-state index contributed by atoms with van der Waals surface area (Å²) in [5.74, 6) is 0.716. The first-order valence-electron chi connectivity index (χ1n) is 7.55. The first-order valence-corrected chi connectivity index (χ1v) is 7.55. The van der Waals surface area contributed by atoms with E-state index in [9.17, 15) is 5.11 Å². The van der Waals surface area contributed by atoms with E-state index in [1.54, 1.807) is 0 Å². The van der Waals surface area contributed by atoms with Gasteiger partial charge in [0, 0.05) is 26.2 Å². The molecule has 1 aliphatic rings. The van der Waals surface area contributed by atoms with Gasteiger partial charge < -0.3 is 9.84 Å². The lowest BCUT2D eigenvalue weighted by Gasteiger charge is -2.30. The number of likely N-dealkylation sites (tertiary alicyclic amines) is 1. The number of hydrogen-bond acceptors (Lipinski definition) is 3. The van der Waals surface area contributed by atoms with Crippen LogP contribution in [0.3, 0.4) is 0 Å². The molecule has 0 saturated carbocycles. The normalized spacial score (nSPS) is 22.0. The largest absolute Gasteiger partial charge is 0.389 e. The van der Waals surface area contributed by atoms with Crippen molar-refractivity contribution in [2.45, 2.75) is 65.1 Å². The SMILES string of the molecule is CCC(O)(CC)CN1CCC(OCCC(C)C)C1. The fourth-order valence-electron chi connectivity index (χ4n) is 2.44. The van der Waals surface area contributed by atoms with Gasteiger partial charge in [0.15, 0.2) is 0 Å². The van der Waals surface area contributed by atoms with E-state index in [1.165, 1.54) is 0 Å². The smallest absolute Gasteiger partial charge is 0.0768 e. The van der Waals surface area contributed by atoms with Gasteiger partial charge in [0.2, 0.25) is 0 Å². The second-order valence-electron chi connectivity index (χ2n) is 6.13. The highest BCUT2D eigenvalue weighted by Crippen LogP contribution is 2.21. The fraction of sp³-hybridized carbons (Fsp3) is 1.00. The minimum atomic E-state index is -0.507. The van der Waals surface area contributed by atoms with Gasteiger partial charge in [-0.3, -0.25) is 4.90 Å². The van der Waals surface area contributed by atoms with E-state index in [-0.39, 0.29) is 0 Å². The van der Waals surface area contributed by atoms with E-state index in [2.05, 4.69) is 32.6 Å². The number of nitrogens with zero attached hydrogens (tertiary/aromatic N) is 1. The zero-order chi connectivity index (χ0) is 13.6. The van der Waals surface area contributed by atoms with E-state index < -0.39 is 5.60 Å². The zero-order valence-corrected chi connectivity index (χ0v) is 12.6. The van der Waals surface area contributed by atoms with Gasteiger partial charge in [-0.25, -0.2) is 0 Å². The predicted molar refractivity (Wildman–Crippen MR) is 75.8 cm³/mol. The molecule has 0 aromatic carbocycles. The average molecular weight is 257 g/mol. The molecule has 0 aromatic rings. The maximum Gasteiger partial charge on any atom is 0.0768 e. The summed E-state index contributed by atoms with van der Waals surface area (Å²) < 4.78 is 5.90. The Morgan fingerprint density at radius 3 is 2.56 bits per heavy atom. The Balaban J connectivity index is 2.24. The van der Waals surface area contributed by atoms with Gasteiger partial charge in [-0.1, -0.05) is 27.7 Å². The first kappa shape index (κ1) is 15.9. The molecule has 1 unspecified atom stereocenters. The summed E-state index contributed by atoms with van der Waals surface area (Å²) in [6.07, 6.45) is 4.30. The molecule has 0 aliphatic carbocycles. The van der Waals surface area contributed by atoms with Gasteiger partial charge >= 0.3 is 0 Å². The average Bonchev–Trinajstić information content (AvgIpc) is 2.76. The molecule has 1 rings (SSSR count). The van der Waals surface area contributed by atoms with Crippen LogP contribution in [0.15, 0.2) is 0 Å². The van der Waals surface area contributed by atoms with Crippen LogP contribution >= 0.6 is 0 Å². The second kappa shape index (κ2) is 7.46. The van der Waals surface area contributed by atoms with Crippen molar-refractivity contribution in [2.24, 2.45) is 5.92 Å². The monoisotopic (exact) mass is 257 g/mol. The highest BCUT2D eigenvalue weighted by atomic mass is 16.5. The molecule has 18 heavy (non-hydrogen) atoms. The molecule has 108 valence electrons. The molecule has 3 nitrogen and oxygen atoms in total. The molecule has 1 atom stereocenters. The molecular weight excluding hydrogens is 226 g/mol. The minimum absolute atomic E-state index is 0.377. The molecule has 0 amide bonds. The van der Waals surface area contributed by atoms with Crippen LogP contribution in [0, 0.1) is 5.92 Å². The van der Waals surface area contributed by atoms with Gasteiger partial charge in [-0.15, -0.1) is 0 Å². The van der Waals surface area contributed by atoms with Crippen molar-refractivity contribution in [1.29, 1.82) is 0 Å². The number of ether oxygens (including phenoxy) is 1. The molecule has 1 saturated heterocycles. The van der Waals surface area contributed by atoms with Gasteiger partial charge in [0.1, 0.15) is 0 Å². The third-order valence-corrected chi connectivity index (χ3v) is 4.11. The predicted octanol–water partition coefficient (Wildman–Crippen LogP) is 2.67. The zero-order valence-electron chi connectivity index (χ0n) is 12.6. The van der Waals surface area contributed by atoms with Crippen molar-refractivity contribution in [3.63, 3.8) is 0 Å². The Hall–Kier alpha value is -0.120. The van der Waals surface area contributed by atoms with Crippen LogP contribution in [0.1, 0.15) is 53.4 Å². The summed E-state index contributed by atoms with van der Waals surface area (Å²) in [7, 11) is 0. The standard InChI is InChI=1S/C15H31NO2/c1-5-15(17,6-2)12-16-9-7-14(11-16)18-10-8-13(3)4/h13-14,17H,5-12H2,1-4H3. The summed E-state index contributed by atoms with van der Waals surface area (Å²) in [5, 5.41) is 10.3. The number of β-amino-alcohol motifs (C(OH)–C–C–N with tert-alkyl or cyclic N) is 1. The van der Waals surface area contributed by atoms with Crippen LogP contribution < -0.4 is 0 Å². The van der Waals surface area contributed by atoms with E-state index in [1.807, 2.05) is 0 Å². The summed E-state index contributed by atoms with van der Waals surface area (Å²) in [5.41, 5.74) is -0.507. The van der Waals surface area contributed by atoms with Crippen LogP contribution in [-0.4, -0.2) is 48.0 Å². The summed E-state index contributed by atoms with van der Waals surface area (Å²) in [6.45, 7) is 12.3.